The Morgan fingerprint density at radius 2 is 2.10 bits per heavy atom. The van der Waals surface area contributed by atoms with Gasteiger partial charge >= 0.3 is 5.97 Å². The van der Waals surface area contributed by atoms with E-state index in [0.29, 0.717) is 0 Å². The first kappa shape index (κ1) is 13.7. The van der Waals surface area contributed by atoms with Crippen LogP contribution in [0.25, 0.3) is 11.0 Å². The number of fused-ring (bicyclic) bond motifs is 1. The Kier molecular flexibility index (Phi) is 3.68. The summed E-state index contributed by atoms with van der Waals surface area (Å²) in [7, 11) is 3.09. The predicted octanol–water partition coefficient (Wildman–Crippen LogP) is 1.96. The standard InChI is InChI=1S/C15H19N3O3/c1-20-11-3-4-12-13(9-11)17-15(16-12)18-7-5-10(6-8-18)14(19)21-2/h3-4,9-10H,5-8H2,1-2H3,(H,16,17). The van der Waals surface area contributed by atoms with Gasteiger partial charge in [0, 0.05) is 19.2 Å². The van der Waals surface area contributed by atoms with Crippen LogP contribution in [0.3, 0.4) is 0 Å². The molecule has 1 fully saturated rings. The molecule has 1 aromatic carbocycles. The van der Waals surface area contributed by atoms with Crippen LogP contribution in [0.4, 0.5) is 5.95 Å². The average molecular weight is 289 g/mol. The van der Waals surface area contributed by atoms with Crippen LogP contribution in [0, 0.1) is 5.92 Å². The van der Waals surface area contributed by atoms with Gasteiger partial charge in [-0.25, -0.2) is 4.98 Å². The average Bonchev–Trinajstić information content (AvgIpc) is 2.97. The third kappa shape index (κ3) is 2.66. The molecule has 6 heteroatoms. The van der Waals surface area contributed by atoms with Crippen molar-refractivity contribution in [3.8, 4) is 5.75 Å². The highest BCUT2D eigenvalue weighted by Gasteiger charge is 2.26. The number of benzene rings is 1. The SMILES string of the molecule is COC(=O)C1CCN(c2nc3ccc(OC)cc3[nH]2)CC1. The van der Waals surface area contributed by atoms with Crippen molar-refractivity contribution in [2.45, 2.75) is 12.8 Å². The van der Waals surface area contributed by atoms with Crippen LogP contribution in [0.15, 0.2) is 18.2 Å². The lowest BCUT2D eigenvalue weighted by molar-refractivity contribution is -0.146. The van der Waals surface area contributed by atoms with E-state index < -0.39 is 0 Å². The van der Waals surface area contributed by atoms with Gasteiger partial charge in [0.1, 0.15) is 5.75 Å². The van der Waals surface area contributed by atoms with E-state index >= 15 is 0 Å². The Morgan fingerprint density at radius 1 is 1.33 bits per heavy atom. The van der Waals surface area contributed by atoms with E-state index in [1.807, 2.05) is 18.2 Å². The molecule has 3 rings (SSSR count). The Balaban J connectivity index is 1.74. The van der Waals surface area contributed by atoms with Crippen LogP contribution in [-0.4, -0.2) is 43.2 Å². The second-order valence-electron chi connectivity index (χ2n) is 5.23. The molecule has 0 saturated carbocycles. The zero-order valence-electron chi connectivity index (χ0n) is 12.3. The monoisotopic (exact) mass is 289 g/mol. The number of carbonyl (C=O) groups is 1. The molecule has 0 amide bonds. The minimum Gasteiger partial charge on any atom is -0.497 e. The van der Waals surface area contributed by atoms with Gasteiger partial charge in [-0.2, -0.15) is 0 Å². The second kappa shape index (κ2) is 5.63. The number of esters is 1. The zero-order chi connectivity index (χ0) is 14.8. The first-order chi connectivity index (χ1) is 10.2. The fourth-order valence-corrected chi connectivity index (χ4v) is 2.75. The molecule has 0 spiro atoms. The molecule has 0 bridgehead atoms. The van der Waals surface area contributed by atoms with Gasteiger partial charge < -0.3 is 19.4 Å². The van der Waals surface area contributed by atoms with Gasteiger partial charge in [-0.15, -0.1) is 0 Å². The molecule has 1 aliphatic heterocycles. The van der Waals surface area contributed by atoms with E-state index in [1.165, 1.54) is 7.11 Å². The molecular formula is C15H19N3O3. The third-order valence-electron chi connectivity index (χ3n) is 4.01. The van der Waals surface area contributed by atoms with Crippen LogP contribution in [0.2, 0.25) is 0 Å². The summed E-state index contributed by atoms with van der Waals surface area (Å²) in [5, 5.41) is 0. The summed E-state index contributed by atoms with van der Waals surface area (Å²) in [6.07, 6.45) is 1.60. The van der Waals surface area contributed by atoms with Crippen LogP contribution >= 0.6 is 0 Å². The molecule has 1 aromatic heterocycles. The third-order valence-corrected chi connectivity index (χ3v) is 4.01. The highest BCUT2D eigenvalue weighted by Crippen LogP contribution is 2.25. The Labute approximate surface area is 123 Å². The topological polar surface area (TPSA) is 67.4 Å². The summed E-state index contributed by atoms with van der Waals surface area (Å²) in [5.41, 5.74) is 1.88. The van der Waals surface area contributed by atoms with Crippen LogP contribution < -0.4 is 9.64 Å². The van der Waals surface area contributed by atoms with Gasteiger partial charge in [0.25, 0.3) is 0 Å². The van der Waals surface area contributed by atoms with Gasteiger partial charge in [-0.05, 0) is 25.0 Å². The summed E-state index contributed by atoms with van der Waals surface area (Å²) >= 11 is 0. The summed E-state index contributed by atoms with van der Waals surface area (Å²) in [6, 6.07) is 5.78. The van der Waals surface area contributed by atoms with Crippen LogP contribution in [0.5, 0.6) is 5.75 Å². The van der Waals surface area contributed by atoms with Crippen molar-refractivity contribution in [2.24, 2.45) is 5.92 Å². The fourth-order valence-electron chi connectivity index (χ4n) is 2.75. The highest BCUT2D eigenvalue weighted by atomic mass is 16.5. The quantitative estimate of drug-likeness (QED) is 0.875. The number of rotatable bonds is 3. The number of piperidine rings is 1. The predicted molar refractivity (Wildman–Crippen MR) is 79.6 cm³/mol. The van der Waals surface area contributed by atoms with Gasteiger partial charge in [-0.3, -0.25) is 4.79 Å². The molecule has 2 heterocycles. The number of aromatic amines is 1. The van der Waals surface area contributed by atoms with Gasteiger partial charge in [0.15, 0.2) is 0 Å². The molecule has 1 N–H and O–H groups in total. The number of imidazole rings is 1. The van der Waals surface area contributed by atoms with Crippen molar-refractivity contribution in [3.63, 3.8) is 0 Å². The number of nitrogens with zero attached hydrogens (tertiary/aromatic N) is 2. The maximum Gasteiger partial charge on any atom is 0.308 e. The lowest BCUT2D eigenvalue weighted by atomic mass is 9.97. The first-order valence-corrected chi connectivity index (χ1v) is 7.08. The van der Waals surface area contributed by atoms with E-state index in [-0.39, 0.29) is 11.9 Å². The Hall–Kier alpha value is -2.24. The van der Waals surface area contributed by atoms with E-state index in [9.17, 15) is 4.79 Å². The van der Waals surface area contributed by atoms with Crippen LogP contribution in [0.1, 0.15) is 12.8 Å². The number of H-pyrrole nitrogens is 1. The number of carbonyl (C=O) groups excluding carboxylic acids is 1. The largest absolute Gasteiger partial charge is 0.497 e. The van der Waals surface area contributed by atoms with Crippen molar-refractivity contribution in [1.29, 1.82) is 0 Å². The van der Waals surface area contributed by atoms with Crippen molar-refractivity contribution in [3.05, 3.63) is 18.2 Å². The molecular weight excluding hydrogens is 270 g/mol. The van der Waals surface area contributed by atoms with Gasteiger partial charge in [0.05, 0.1) is 31.2 Å². The number of aromatic nitrogens is 2. The molecule has 2 aromatic rings. The summed E-state index contributed by atoms with van der Waals surface area (Å²) < 4.78 is 10.0. The summed E-state index contributed by atoms with van der Waals surface area (Å²) in [5.74, 6) is 1.56. The van der Waals surface area contributed by atoms with E-state index in [2.05, 4.69) is 14.9 Å². The minimum absolute atomic E-state index is 0.00993. The molecule has 112 valence electrons. The number of nitrogens with one attached hydrogen (secondary N) is 1. The smallest absolute Gasteiger partial charge is 0.308 e. The van der Waals surface area contributed by atoms with Gasteiger partial charge in [0.2, 0.25) is 5.95 Å². The number of anilines is 1. The number of methoxy groups -OCH3 is 2. The molecule has 0 unspecified atom stereocenters. The van der Waals surface area contributed by atoms with Crippen molar-refractivity contribution in [2.75, 3.05) is 32.2 Å². The highest BCUT2D eigenvalue weighted by molar-refractivity contribution is 5.79. The summed E-state index contributed by atoms with van der Waals surface area (Å²) in [6.45, 7) is 1.60. The molecule has 1 saturated heterocycles. The van der Waals surface area contributed by atoms with Crippen LogP contribution in [-0.2, 0) is 9.53 Å². The first-order valence-electron chi connectivity index (χ1n) is 7.08. The van der Waals surface area contributed by atoms with E-state index in [4.69, 9.17) is 9.47 Å². The maximum atomic E-state index is 11.5. The molecule has 0 aliphatic carbocycles. The lowest BCUT2D eigenvalue weighted by Gasteiger charge is -2.30. The summed E-state index contributed by atoms with van der Waals surface area (Å²) in [4.78, 5) is 21.6. The Bertz CT molecular complexity index is 645. The Morgan fingerprint density at radius 3 is 2.76 bits per heavy atom. The molecule has 21 heavy (non-hydrogen) atoms. The number of ether oxygens (including phenoxy) is 2. The number of hydrogen-bond donors (Lipinski definition) is 1. The molecule has 1 aliphatic rings. The van der Waals surface area contributed by atoms with E-state index in [1.54, 1.807) is 7.11 Å². The normalized spacial score (nSPS) is 16.2. The maximum absolute atomic E-state index is 11.5. The van der Waals surface area contributed by atoms with Gasteiger partial charge in [-0.1, -0.05) is 0 Å². The molecule has 6 nitrogen and oxygen atoms in total. The van der Waals surface area contributed by atoms with E-state index in [0.717, 1.165) is 48.7 Å². The molecule has 0 radical (unpaired) electrons. The number of hydrogen-bond acceptors (Lipinski definition) is 5. The molecule has 0 atom stereocenters. The lowest BCUT2D eigenvalue weighted by Crippen LogP contribution is -2.37. The van der Waals surface area contributed by atoms with Crippen molar-refractivity contribution < 1.29 is 14.3 Å². The zero-order valence-corrected chi connectivity index (χ0v) is 12.3. The van der Waals surface area contributed by atoms with Crippen molar-refractivity contribution in [1.82, 2.24) is 9.97 Å². The van der Waals surface area contributed by atoms with Crippen molar-refractivity contribution >= 4 is 23.0 Å². The second-order valence-corrected chi connectivity index (χ2v) is 5.23. The fraction of sp³-hybridized carbons (Fsp3) is 0.467. The minimum atomic E-state index is -0.107.